The lowest BCUT2D eigenvalue weighted by molar-refractivity contribution is 0.270. The van der Waals surface area contributed by atoms with Gasteiger partial charge in [-0.15, -0.1) is 0 Å². The van der Waals surface area contributed by atoms with Gasteiger partial charge in [-0.3, -0.25) is 4.68 Å². The van der Waals surface area contributed by atoms with E-state index < -0.39 is 0 Å². The van der Waals surface area contributed by atoms with Crippen molar-refractivity contribution in [2.75, 3.05) is 20.1 Å². The van der Waals surface area contributed by atoms with Crippen LogP contribution in [-0.4, -0.2) is 40.9 Å². The van der Waals surface area contributed by atoms with Gasteiger partial charge in [0.1, 0.15) is 0 Å². The van der Waals surface area contributed by atoms with Gasteiger partial charge in [0, 0.05) is 44.0 Å². The van der Waals surface area contributed by atoms with Crippen LogP contribution in [0.5, 0.6) is 0 Å². The summed E-state index contributed by atoms with van der Waals surface area (Å²) in [4.78, 5) is 2.34. The van der Waals surface area contributed by atoms with Gasteiger partial charge in [0.05, 0.1) is 5.69 Å². The van der Waals surface area contributed by atoms with Crippen molar-refractivity contribution in [1.82, 2.24) is 20.0 Å². The largest absolute Gasteiger partial charge is 0.309 e. The van der Waals surface area contributed by atoms with Crippen molar-refractivity contribution in [3.8, 4) is 0 Å². The minimum Gasteiger partial charge on any atom is -0.309 e. The Kier molecular flexibility index (Phi) is 5.15. The molecule has 0 aliphatic carbocycles. The zero-order valence-electron chi connectivity index (χ0n) is 12.0. The van der Waals surface area contributed by atoms with Crippen LogP contribution in [0.1, 0.15) is 38.1 Å². The van der Waals surface area contributed by atoms with Gasteiger partial charge in [-0.25, -0.2) is 0 Å². The van der Waals surface area contributed by atoms with Crippen molar-refractivity contribution in [2.45, 2.75) is 39.8 Å². The SMILES string of the molecule is Cc1nn(C)cc1C(C)NCCN(C)C(C)C. The van der Waals surface area contributed by atoms with Crippen LogP contribution in [0.2, 0.25) is 0 Å². The van der Waals surface area contributed by atoms with E-state index in [2.05, 4.69) is 56.3 Å². The topological polar surface area (TPSA) is 33.1 Å². The Hall–Kier alpha value is -0.870. The zero-order chi connectivity index (χ0) is 13.0. The number of rotatable bonds is 6. The van der Waals surface area contributed by atoms with Gasteiger partial charge in [-0.05, 0) is 34.7 Å². The van der Waals surface area contributed by atoms with Crippen LogP contribution >= 0.6 is 0 Å². The van der Waals surface area contributed by atoms with Crippen molar-refractivity contribution in [3.63, 3.8) is 0 Å². The van der Waals surface area contributed by atoms with E-state index >= 15 is 0 Å². The molecule has 1 atom stereocenters. The molecule has 0 aliphatic heterocycles. The number of likely N-dealkylation sites (N-methyl/N-ethyl adjacent to an activating group) is 1. The fraction of sp³-hybridized carbons (Fsp3) is 0.769. The number of hydrogen-bond acceptors (Lipinski definition) is 3. The van der Waals surface area contributed by atoms with Gasteiger partial charge in [0.15, 0.2) is 0 Å². The maximum Gasteiger partial charge on any atom is 0.0641 e. The highest BCUT2D eigenvalue weighted by atomic mass is 15.3. The zero-order valence-corrected chi connectivity index (χ0v) is 12.0. The average molecular weight is 238 g/mol. The summed E-state index contributed by atoms with van der Waals surface area (Å²) in [5.74, 6) is 0. The van der Waals surface area contributed by atoms with Gasteiger partial charge in [-0.1, -0.05) is 0 Å². The molecule has 17 heavy (non-hydrogen) atoms. The fourth-order valence-electron chi connectivity index (χ4n) is 1.87. The van der Waals surface area contributed by atoms with Crippen molar-refractivity contribution in [1.29, 1.82) is 0 Å². The van der Waals surface area contributed by atoms with Crippen LogP contribution in [0.25, 0.3) is 0 Å². The summed E-state index contributed by atoms with van der Waals surface area (Å²) in [5.41, 5.74) is 2.41. The van der Waals surface area contributed by atoms with Crippen LogP contribution in [-0.2, 0) is 7.05 Å². The van der Waals surface area contributed by atoms with Crippen LogP contribution in [0, 0.1) is 6.92 Å². The summed E-state index contributed by atoms with van der Waals surface area (Å²) in [6.45, 7) is 10.8. The van der Waals surface area contributed by atoms with Crippen molar-refractivity contribution >= 4 is 0 Å². The third-order valence-electron chi connectivity index (χ3n) is 3.31. The third kappa shape index (κ3) is 4.13. The number of aromatic nitrogens is 2. The molecule has 1 unspecified atom stereocenters. The molecule has 0 fully saturated rings. The molecule has 1 N–H and O–H groups in total. The maximum atomic E-state index is 4.37. The van der Waals surface area contributed by atoms with Gasteiger partial charge >= 0.3 is 0 Å². The van der Waals surface area contributed by atoms with E-state index in [1.54, 1.807) is 0 Å². The van der Waals surface area contributed by atoms with E-state index in [0.29, 0.717) is 12.1 Å². The summed E-state index contributed by atoms with van der Waals surface area (Å²) >= 11 is 0. The predicted molar refractivity (Wildman–Crippen MR) is 72.1 cm³/mol. The lowest BCUT2D eigenvalue weighted by atomic mass is 10.1. The second kappa shape index (κ2) is 6.17. The molecule has 0 amide bonds. The van der Waals surface area contributed by atoms with Gasteiger partial charge in [0.2, 0.25) is 0 Å². The van der Waals surface area contributed by atoms with Crippen molar-refractivity contribution < 1.29 is 0 Å². The molecule has 4 heteroatoms. The molecule has 0 bridgehead atoms. The first-order valence-electron chi connectivity index (χ1n) is 6.35. The smallest absolute Gasteiger partial charge is 0.0641 e. The summed E-state index contributed by atoms with van der Waals surface area (Å²) < 4.78 is 1.88. The Labute approximate surface area is 105 Å². The number of hydrogen-bond donors (Lipinski definition) is 1. The second-order valence-corrected chi connectivity index (χ2v) is 5.09. The molecule has 1 heterocycles. The number of aryl methyl sites for hydroxylation is 2. The average Bonchev–Trinajstić information content (AvgIpc) is 2.57. The molecule has 1 aromatic rings. The Morgan fingerprint density at radius 3 is 2.53 bits per heavy atom. The molecular formula is C13H26N4. The summed E-state index contributed by atoms with van der Waals surface area (Å²) in [6.07, 6.45) is 2.10. The minimum absolute atomic E-state index is 0.365. The van der Waals surface area contributed by atoms with Crippen LogP contribution in [0.3, 0.4) is 0 Å². The van der Waals surface area contributed by atoms with Gasteiger partial charge < -0.3 is 10.2 Å². The molecule has 4 nitrogen and oxygen atoms in total. The lowest BCUT2D eigenvalue weighted by Gasteiger charge is -2.22. The van der Waals surface area contributed by atoms with E-state index in [0.717, 1.165) is 18.8 Å². The maximum absolute atomic E-state index is 4.37. The molecule has 0 saturated carbocycles. The minimum atomic E-state index is 0.365. The first-order chi connectivity index (χ1) is 7.91. The second-order valence-electron chi connectivity index (χ2n) is 5.09. The van der Waals surface area contributed by atoms with E-state index in [1.165, 1.54) is 5.56 Å². The lowest BCUT2D eigenvalue weighted by Crippen LogP contribution is -2.34. The Morgan fingerprint density at radius 1 is 1.41 bits per heavy atom. The summed E-state index contributed by atoms with van der Waals surface area (Å²) in [7, 11) is 4.13. The normalized spacial score (nSPS) is 13.6. The highest BCUT2D eigenvalue weighted by molar-refractivity contribution is 5.19. The van der Waals surface area contributed by atoms with Crippen LogP contribution < -0.4 is 5.32 Å². The monoisotopic (exact) mass is 238 g/mol. The molecule has 98 valence electrons. The standard InChI is InChI=1S/C13H26N4/c1-10(2)16(5)8-7-14-11(3)13-9-17(6)15-12(13)4/h9-11,14H,7-8H2,1-6H3. The molecule has 1 rings (SSSR count). The van der Waals surface area contributed by atoms with Crippen molar-refractivity contribution in [2.24, 2.45) is 7.05 Å². The van der Waals surface area contributed by atoms with E-state index in [1.807, 2.05) is 11.7 Å². The van der Waals surface area contributed by atoms with Crippen LogP contribution in [0.4, 0.5) is 0 Å². The third-order valence-corrected chi connectivity index (χ3v) is 3.31. The first kappa shape index (κ1) is 14.2. The first-order valence-corrected chi connectivity index (χ1v) is 6.35. The Balaban J connectivity index is 2.40. The quantitative estimate of drug-likeness (QED) is 0.819. The summed E-state index contributed by atoms with van der Waals surface area (Å²) in [5, 5.41) is 7.91. The van der Waals surface area contributed by atoms with E-state index in [4.69, 9.17) is 0 Å². The molecule has 1 aromatic heterocycles. The highest BCUT2D eigenvalue weighted by Crippen LogP contribution is 2.14. The molecule has 0 aromatic carbocycles. The molecule has 0 aliphatic rings. The van der Waals surface area contributed by atoms with Gasteiger partial charge in [0.25, 0.3) is 0 Å². The molecule has 0 saturated heterocycles. The van der Waals surface area contributed by atoms with Crippen molar-refractivity contribution in [3.05, 3.63) is 17.5 Å². The molecular weight excluding hydrogens is 212 g/mol. The van der Waals surface area contributed by atoms with Gasteiger partial charge in [-0.2, -0.15) is 5.10 Å². The summed E-state index contributed by atoms with van der Waals surface area (Å²) in [6, 6.07) is 0.969. The van der Waals surface area contributed by atoms with E-state index in [9.17, 15) is 0 Å². The van der Waals surface area contributed by atoms with Crippen LogP contribution in [0.15, 0.2) is 6.20 Å². The van der Waals surface area contributed by atoms with E-state index in [-0.39, 0.29) is 0 Å². The molecule has 0 spiro atoms. The Bertz CT molecular complexity index is 343. The number of nitrogens with zero attached hydrogens (tertiary/aromatic N) is 3. The predicted octanol–water partition coefficient (Wildman–Crippen LogP) is 1.72. The highest BCUT2D eigenvalue weighted by Gasteiger charge is 2.11. The fourth-order valence-corrected chi connectivity index (χ4v) is 1.87. The molecule has 0 radical (unpaired) electrons. The number of nitrogens with one attached hydrogen (secondary N) is 1. The Morgan fingerprint density at radius 2 is 2.06 bits per heavy atom.